The Balaban J connectivity index is 2.02. The first-order valence-corrected chi connectivity index (χ1v) is 5.26. The molecular formula is C11H16N2O2. The topological polar surface area (TPSA) is 43.4 Å². The Morgan fingerprint density at radius 3 is 3.20 bits per heavy atom. The van der Waals surface area contributed by atoms with Gasteiger partial charge < -0.3 is 14.8 Å². The fourth-order valence-electron chi connectivity index (χ4n) is 1.70. The normalized spacial score (nSPS) is 21.0. The second-order valence-corrected chi connectivity index (χ2v) is 3.60. The smallest absolute Gasteiger partial charge is 0.257 e. The minimum Gasteiger partial charge on any atom is -0.491 e. The number of aromatic nitrogens is 1. The largest absolute Gasteiger partial charge is 0.491 e. The fraction of sp³-hybridized carbons (Fsp3) is 0.545. The van der Waals surface area contributed by atoms with Crippen LogP contribution in [0.2, 0.25) is 0 Å². The number of nitrogens with one attached hydrogen (secondary N) is 1. The summed E-state index contributed by atoms with van der Waals surface area (Å²) in [6, 6.07) is 3.70. The Labute approximate surface area is 89.6 Å². The summed E-state index contributed by atoms with van der Waals surface area (Å²) in [6.07, 6.45) is 4.16. The lowest BCUT2D eigenvalue weighted by Gasteiger charge is -2.23. The maximum atomic E-state index is 5.78. The monoisotopic (exact) mass is 208 g/mol. The highest BCUT2D eigenvalue weighted by atomic mass is 16.5. The standard InChI is InChI=1S/C11H16N2O2/c1-14-10-5-3-7-13-11(10)15-9-4-2-6-12-8-9/h3,5,7,9,12H,2,4,6,8H2,1H3/t9-/m0/s1. The summed E-state index contributed by atoms with van der Waals surface area (Å²) in [4.78, 5) is 4.17. The summed E-state index contributed by atoms with van der Waals surface area (Å²) in [7, 11) is 1.63. The Hall–Kier alpha value is -1.29. The molecule has 0 saturated carbocycles. The number of hydrogen-bond acceptors (Lipinski definition) is 4. The molecule has 0 radical (unpaired) electrons. The molecule has 1 atom stereocenters. The number of piperidine rings is 1. The predicted octanol–water partition coefficient (Wildman–Crippen LogP) is 1.22. The van der Waals surface area contributed by atoms with Gasteiger partial charge in [0.1, 0.15) is 6.10 Å². The molecule has 0 unspecified atom stereocenters. The molecule has 2 rings (SSSR count). The van der Waals surface area contributed by atoms with Gasteiger partial charge in [-0.05, 0) is 31.5 Å². The first-order chi connectivity index (χ1) is 7.40. The van der Waals surface area contributed by atoms with E-state index in [1.54, 1.807) is 13.3 Å². The fourth-order valence-corrected chi connectivity index (χ4v) is 1.70. The summed E-state index contributed by atoms with van der Waals surface area (Å²) in [5.41, 5.74) is 0. The van der Waals surface area contributed by atoms with Crippen LogP contribution < -0.4 is 14.8 Å². The maximum absolute atomic E-state index is 5.78. The lowest BCUT2D eigenvalue weighted by molar-refractivity contribution is 0.154. The molecule has 15 heavy (non-hydrogen) atoms. The van der Waals surface area contributed by atoms with Crippen LogP contribution in [0.4, 0.5) is 0 Å². The molecule has 1 fully saturated rings. The third-order valence-electron chi connectivity index (χ3n) is 2.49. The Morgan fingerprint density at radius 2 is 2.47 bits per heavy atom. The van der Waals surface area contributed by atoms with Crippen LogP contribution in [-0.4, -0.2) is 31.3 Å². The quantitative estimate of drug-likeness (QED) is 0.811. The van der Waals surface area contributed by atoms with E-state index >= 15 is 0 Å². The van der Waals surface area contributed by atoms with E-state index in [0.717, 1.165) is 25.9 Å². The van der Waals surface area contributed by atoms with E-state index in [1.165, 1.54) is 0 Å². The zero-order valence-corrected chi connectivity index (χ0v) is 8.90. The van der Waals surface area contributed by atoms with E-state index in [-0.39, 0.29) is 6.10 Å². The third-order valence-corrected chi connectivity index (χ3v) is 2.49. The van der Waals surface area contributed by atoms with Crippen molar-refractivity contribution in [3.05, 3.63) is 18.3 Å². The molecule has 4 nitrogen and oxygen atoms in total. The highest BCUT2D eigenvalue weighted by Crippen LogP contribution is 2.24. The Kier molecular flexibility index (Phi) is 3.40. The molecule has 1 aliphatic rings. The number of hydrogen-bond donors (Lipinski definition) is 1. The van der Waals surface area contributed by atoms with Crippen molar-refractivity contribution in [2.24, 2.45) is 0 Å². The highest BCUT2D eigenvalue weighted by molar-refractivity contribution is 5.32. The SMILES string of the molecule is COc1cccnc1O[C@H]1CCCNC1. The number of nitrogens with zero attached hydrogens (tertiary/aromatic N) is 1. The summed E-state index contributed by atoms with van der Waals surface area (Å²) in [5, 5.41) is 3.30. The van der Waals surface area contributed by atoms with E-state index < -0.39 is 0 Å². The van der Waals surface area contributed by atoms with Crippen molar-refractivity contribution in [2.45, 2.75) is 18.9 Å². The molecule has 1 saturated heterocycles. The van der Waals surface area contributed by atoms with Gasteiger partial charge in [-0.2, -0.15) is 0 Å². The molecule has 0 aromatic carbocycles. The molecule has 0 spiro atoms. The van der Waals surface area contributed by atoms with E-state index in [1.807, 2.05) is 12.1 Å². The lowest BCUT2D eigenvalue weighted by Crippen LogP contribution is -2.37. The average molecular weight is 208 g/mol. The minimum absolute atomic E-state index is 0.211. The summed E-state index contributed by atoms with van der Waals surface area (Å²) >= 11 is 0. The molecule has 0 bridgehead atoms. The maximum Gasteiger partial charge on any atom is 0.257 e. The number of ether oxygens (including phenoxy) is 2. The van der Waals surface area contributed by atoms with Gasteiger partial charge in [0.05, 0.1) is 7.11 Å². The lowest BCUT2D eigenvalue weighted by atomic mass is 10.1. The van der Waals surface area contributed by atoms with Crippen molar-refractivity contribution in [3.63, 3.8) is 0 Å². The second-order valence-electron chi connectivity index (χ2n) is 3.60. The van der Waals surface area contributed by atoms with Gasteiger partial charge in [0.2, 0.25) is 0 Å². The Bertz CT molecular complexity index is 311. The van der Waals surface area contributed by atoms with Gasteiger partial charge in [0.15, 0.2) is 5.75 Å². The van der Waals surface area contributed by atoms with Gasteiger partial charge in [-0.15, -0.1) is 0 Å². The summed E-state index contributed by atoms with van der Waals surface area (Å²) in [5.74, 6) is 1.29. The van der Waals surface area contributed by atoms with E-state index in [0.29, 0.717) is 11.6 Å². The molecule has 82 valence electrons. The van der Waals surface area contributed by atoms with Crippen LogP contribution in [0.25, 0.3) is 0 Å². The molecule has 1 aliphatic heterocycles. The van der Waals surface area contributed by atoms with E-state index in [4.69, 9.17) is 9.47 Å². The van der Waals surface area contributed by atoms with Crippen LogP contribution in [0.15, 0.2) is 18.3 Å². The van der Waals surface area contributed by atoms with Crippen molar-refractivity contribution in [3.8, 4) is 11.6 Å². The van der Waals surface area contributed by atoms with Crippen molar-refractivity contribution < 1.29 is 9.47 Å². The van der Waals surface area contributed by atoms with Crippen molar-refractivity contribution in [2.75, 3.05) is 20.2 Å². The zero-order chi connectivity index (χ0) is 10.5. The molecule has 1 aromatic heterocycles. The van der Waals surface area contributed by atoms with Crippen molar-refractivity contribution >= 4 is 0 Å². The summed E-state index contributed by atoms with van der Waals surface area (Å²) in [6.45, 7) is 1.97. The minimum atomic E-state index is 0.211. The van der Waals surface area contributed by atoms with Gasteiger partial charge in [-0.1, -0.05) is 0 Å². The molecular weight excluding hydrogens is 192 g/mol. The van der Waals surface area contributed by atoms with Crippen LogP contribution in [0.3, 0.4) is 0 Å². The van der Waals surface area contributed by atoms with Gasteiger partial charge in [0, 0.05) is 12.7 Å². The van der Waals surface area contributed by atoms with Gasteiger partial charge in [-0.3, -0.25) is 0 Å². The zero-order valence-electron chi connectivity index (χ0n) is 8.90. The third kappa shape index (κ3) is 2.59. The van der Waals surface area contributed by atoms with Crippen LogP contribution in [-0.2, 0) is 0 Å². The van der Waals surface area contributed by atoms with Gasteiger partial charge >= 0.3 is 0 Å². The van der Waals surface area contributed by atoms with Crippen LogP contribution in [0.1, 0.15) is 12.8 Å². The van der Waals surface area contributed by atoms with Crippen LogP contribution in [0.5, 0.6) is 11.6 Å². The molecule has 1 aromatic rings. The van der Waals surface area contributed by atoms with E-state index in [9.17, 15) is 0 Å². The first-order valence-electron chi connectivity index (χ1n) is 5.26. The van der Waals surface area contributed by atoms with Gasteiger partial charge in [-0.25, -0.2) is 4.98 Å². The molecule has 4 heteroatoms. The van der Waals surface area contributed by atoms with E-state index in [2.05, 4.69) is 10.3 Å². The van der Waals surface area contributed by atoms with Gasteiger partial charge in [0.25, 0.3) is 5.88 Å². The molecule has 1 N–H and O–H groups in total. The molecule has 0 amide bonds. The number of rotatable bonds is 3. The number of pyridine rings is 1. The summed E-state index contributed by atoms with van der Waals surface area (Å²) < 4.78 is 11.0. The van der Waals surface area contributed by atoms with Crippen molar-refractivity contribution in [1.82, 2.24) is 10.3 Å². The predicted molar refractivity (Wildman–Crippen MR) is 57.3 cm³/mol. The second kappa shape index (κ2) is 4.98. The van der Waals surface area contributed by atoms with Crippen molar-refractivity contribution in [1.29, 1.82) is 0 Å². The molecule has 0 aliphatic carbocycles. The first kappa shape index (κ1) is 10.2. The average Bonchev–Trinajstić information content (AvgIpc) is 2.31. The number of methoxy groups -OCH3 is 1. The molecule has 2 heterocycles. The Morgan fingerprint density at radius 1 is 1.53 bits per heavy atom. The van der Waals surface area contributed by atoms with Crippen LogP contribution in [0, 0.1) is 0 Å². The van der Waals surface area contributed by atoms with Crippen LogP contribution >= 0.6 is 0 Å². The highest BCUT2D eigenvalue weighted by Gasteiger charge is 2.16.